The molecule has 0 atom stereocenters. The Morgan fingerprint density at radius 2 is 1.79 bits per heavy atom. The molecule has 1 aromatic heterocycles. The molecule has 2 aromatic carbocycles. The highest BCUT2D eigenvalue weighted by Crippen LogP contribution is 2.32. The minimum atomic E-state index is -0.204. The molecule has 0 bridgehead atoms. The number of para-hydroxylation sites is 2. The summed E-state index contributed by atoms with van der Waals surface area (Å²) in [6.07, 6.45) is 3.43. The molecular weight excluding hydrogens is 408 g/mol. The van der Waals surface area contributed by atoms with Crippen LogP contribution in [0.25, 0.3) is 11.0 Å². The van der Waals surface area contributed by atoms with Gasteiger partial charge in [-0.2, -0.15) is 0 Å². The van der Waals surface area contributed by atoms with Crippen molar-refractivity contribution in [1.29, 1.82) is 0 Å². The Kier molecular flexibility index (Phi) is 5.77. The zero-order valence-corrected chi connectivity index (χ0v) is 20.4. The monoisotopic (exact) mass is 444 g/mol. The molecule has 1 fully saturated rings. The summed E-state index contributed by atoms with van der Waals surface area (Å²) in [5.74, 6) is 2.56. The number of nitrogens with zero attached hydrogens (tertiary/aromatic N) is 3. The van der Waals surface area contributed by atoms with Crippen LogP contribution in [0.4, 0.5) is 0 Å². The third-order valence-corrected chi connectivity index (χ3v) is 7.28. The fraction of sp³-hybridized carbons (Fsp3) is 0.500. The van der Waals surface area contributed by atoms with Crippen molar-refractivity contribution in [3.8, 4) is 0 Å². The maximum Gasteiger partial charge on any atom is 0.194 e. The highest BCUT2D eigenvalue weighted by atomic mass is 16.5. The molecule has 5 nitrogen and oxygen atoms in total. The third kappa shape index (κ3) is 4.70. The van der Waals surface area contributed by atoms with Gasteiger partial charge < -0.3 is 14.6 Å². The van der Waals surface area contributed by atoms with Crippen LogP contribution >= 0.6 is 0 Å². The van der Waals surface area contributed by atoms with Crippen LogP contribution in [0.5, 0.6) is 0 Å². The van der Waals surface area contributed by atoms with Crippen molar-refractivity contribution in [3.63, 3.8) is 0 Å². The summed E-state index contributed by atoms with van der Waals surface area (Å²) in [6, 6.07) is 17.4. The maximum absolute atomic E-state index is 5.94. The molecule has 0 unspecified atom stereocenters. The predicted octanol–water partition coefficient (Wildman–Crippen LogP) is 5.47. The lowest BCUT2D eigenvalue weighted by molar-refractivity contribution is 0.212. The van der Waals surface area contributed by atoms with E-state index in [1.165, 1.54) is 24.0 Å². The highest BCUT2D eigenvalue weighted by Gasteiger charge is 2.37. The molecule has 1 saturated heterocycles. The molecule has 2 aliphatic rings. The van der Waals surface area contributed by atoms with Gasteiger partial charge in [-0.25, -0.2) is 9.98 Å². The number of benzene rings is 2. The third-order valence-electron chi connectivity index (χ3n) is 7.28. The van der Waals surface area contributed by atoms with Gasteiger partial charge in [0.15, 0.2) is 5.90 Å². The van der Waals surface area contributed by atoms with Gasteiger partial charge in [0.25, 0.3) is 0 Å². The molecule has 0 radical (unpaired) electrons. The molecule has 5 rings (SSSR count). The van der Waals surface area contributed by atoms with E-state index in [1.807, 2.05) is 0 Å². The first-order valence-corrected chi connectivity index (χ1v) is 12.3. The van der Waals surface area contributed by atoms with Crippen LogP contribution in [0.2, 0.25) is 0 Å². The summed E-state index contributed by atoms with van der Waals surface area (Å²) in [4.78, 5) is 15.8. The average molecular weight is 445 g/mol. The number of aliphatic imine (C=N–C) groups is 1. The van der Waals surface area contributed by atoms with E-state index in [-0.39, 0.29) is 11.0 Å². The van der Waals surface area contributed by atoms with E-state index in [2.05, 4.69) is 86.1 Å². The quantitative estimate of drug-likeness (QED) is 0.548. The van der Waals surface area contributed by atoms with Crippen LogP contribution in [0.15, 0.2) is 53.5 Å². The number of hydrogen-bond donors (Lipinski definition) is 1. The molecule has 33 heavy (non-hydrogen) atoms. The van der Waals surface area contributed by atoms with Crippen molar-refractivity contribution in [3.05, 3.63) is 65.5 Å². The second-order valence-corrected chi connectivity index (χ2v) is 10.8. The summed E-state index contributed by atoms with van der Waals surface area (Å²) in [5.41, 5.74) is 4.56. The number of hydrogen-bond acceptors (Lipinski definition) is 4. The summed E-state index contributed by atoms with van der Waals surface area (Å²) < 4.78 is 5.94. The minimum Gasteiger partial charge on any atom is -0.478 e. The zero-order valence-electron chi connectivity index (χ0n) is 20.4. The Bertz CT molecular complexity index is 1100. The number of piperidine rings is 1. The van der Waals surface area contributed by atoms with Gasteiger partial charge in [0.05, 0.1) is 22.0 Å². The standard InChI is InChI=1S/C28H36N4O/c1-27(2)19-33-26(31-27)28(3,4)22-11-9-20(10-12-22)13-16-32-17-14-21(15-18-32)25-29-23-7-5-6-8-24(23)30-25/h5-12,21H,13-19H2,1-4H3,(H,29,30). The number of imidazole rings is 1. The van der Waals surface area contributed by atoms with Crippen LogP contribution in [-0.2, 0) is 16.6 Å². The van der Waals surface area contributed by atoms with Crippen molar-refractivity contribution in [2.45, 2.75) is 63.8 Å². The largest absolute Gasteiger partial charge is 0.478 e. The van der Waals surface area contributed by atoms with E-state index in [4.69, 9.17) is 14.7 Å². The predicted molar refractivity (Wildman–Crippen MR) is 135 cm³/mol. The van der Waals surface area contributed by atoms with Gasteiger partial charge >= 0.3 is 0 Å². The fourth-order valence-corrected chi connectivity index (χ4v) is 5.00. The maximum atomic E-state index is 5.94. The van der Waals surface area contributed by atoms with Crippen molar-refractivity contribution in [2.75, 3.05) is 26.2 Å². The topological polar surface area (TPSA) is 53.5 Å². The summed E-state index contributed by atoms with van der Waals surface area (Å²) in [7, 11) is 0. The molecule has 1 N–H and O–H groups in total. The second-order valence-electron chi connectivity index (χ2n) is 10.8. The highest BCUT2D eigenvalue weighted by molar-refractivity contribution is 5.89. The normalized spacial score (nSPS) is 19.6. The first-order valence-electron chi connectivity index (χ1n) is 12.3. The molecule has 0 aliphatic carbocycles. The molecule has 2 aliphatic heterocycles. The molecule has 0 amide bonds. The van der Waals surface area contributed by atoms with Crippen molar-refractivity contribution in [1.82, 2.24) is 14.9 Å². The average Bonchev–Trinajstić information content (AvgIpc) is 3.41. The van der Waals surface area contributed by atoms with Crippen LogP contribution in [0, 0.1) is 0 Å². The molecule has 3 heterocycles. The Morgan fingerprint density at radius 1 is 1.06 bits per heavy atom. The number of aromatic amines is 1. The first-order chi connectivity index (χ1) is 15.8. The smallest absolute Gasteiger partial charge is 0.194 e. The Labute approximate surface area is 197 Å². The number of H-pyrrole nitrogens is 1. The van der Waals surface area contributed by atoms with Gasteiger partial charge in [-0.1, -0.05) is 36.4 Å². The summed E-state index contributed by atoms with van der Waals surface area (Å²) >= 11 is 0. The van der Waals surface area contributed by atoms with E-state index >= 15 is 0 Å². The van der Waals surface area contributed by atoms with E-state index < -0.39 is 0 Å². The lowest BCUT2D eigenvalue weighted by atomic mass is 9.83. The number of fused-ring (bicyclic) bond motifs is 1. The Hall–Kier alpha value is -2.66. The van der Waals surface area contributed by atoms with Crippen molar-refractivity contribution in [2.24, 2.45) is 4.99 Å². The molecule has 3 aromatic rings. The van der Waals surface area contributed by atoms with E-state index in [1.54, 1.807) is 0 Å². The minimum absolute atomic E-state index is 0.121. The van der Waals surface area contributed by atoms with Gasteiger partial charge in [0, 0.05) is 12.5 Å². The van der Waals surface area contributed by atoms with E-state index in [9.17, 15) is 0 Å². The van der Waals surface area contributed by atoms with E-state index in [0.717, 1.165) is 48.8 Å². The number of nitrogens with one attached hydrogen (secondary N) is 1. The fourth-order valence-electron chi connectivity index (χ4n) is 5.00. The van der Waals surface area contributed by atoms with Crippen LogP contribution in [0.1, 0.15) is 63.4 Å². The van der Waals surface area contributed by atoms with Crippen LogP contribution in [-0.4, -0.2) is 52.5 Å². The molecule has 174 valence electrons. The van der Waals surface area contributed by atoms with Crippen molar-refractivity contribution < 1.29 is 4.74 Å². The number of ether oxygens (including phenoxy) is 1. The van der Waals surface area contributed by atoms with Gasteiger partial charge in [-0.3, -0.25) is 0 Å². The molecular formula is C28H36N4O. The zero-order chi connectivity index (χ0) is 23.1. The lowest BCUT2D eigenvalue weighted by Crippen LogP contribution is -2.34. The Balaban J connectivity index is 1.14. The van der Waals surface area contributed by atoms with Gasteiger partial charge in [-0.05, 0) is 83.3 Å². The summed E-state index contributed by atoms with van der Waals surface area (Å²) in [5, 5.41) is 0. The van der Waals surface area contributed by atoms with E-state index in [0.29, 0.717) is 12.5 Å². The second kappa shape index (κ2) is 8.60. The SMILES string of the molecule is CC1(C)COC(C(C)(C)c2ccc(CCN3CCC(c4nc5ccccc5[nH]4)CC3)cc2)=N1. The van der Waals surface area contributed by atoms with Gasteiger partial charge in [-0.15, -0.1) is 0 Å². The number of rotatable bonds is 6. The number of aromatic nitrogens is 2. The van der Waals surface area contributed by atoms with Gasteiger partial charge in [0.1, 0.15) is 12.4 Å². The molecule has 0 saturated carbocycles. The number of likely N-dealkylation sites (tertiary alicyclic amines) is 1. The van der Waals surface area contributed by atoms with Crippen molar-refractivity contribution >= 4 is 16.9 Å². The molecule has 5 heteroatoms. The van der Waals surface area contributed by atoms with Crippen LogP contribution < -0.4 is 0 Å². The lowest BCUT2D eigenvalue weighted by Gasteiger charge is -2.31. The summed E-state index contributed by atoms with van der Waals surface area (Å²) in [6.45, 7) is 12.7. The van der Waals surface area contributed by atoms with Crippen LogP contribution in [0.3, 0.4) is 0 Å². The van der Waals surface area contributed by atoms with Gasteiger partial charge in [0.2, 0.25) is 0 Å². The Morgan fingerprint density at radius 3 is 2.45 bits per heavy atom. The molecule has 0 spiro atoms. The first kappa shape index (κ1) is 22.1.